The lowest BCUT2D eigenvalue weighted by molar-refractivity contribution is 0.0514. The van der Waals surface area contributed by atoms with Gasteiger partial charge in [0.1, 0.15) is 5.82 Å². The van der Waals surface area contributed by atoms with Crippen molar-refractivity contribution in [2.45, 2.75) is 39.2 Å². The normalized spacial score (nSPS) is 14.7. The van der Waals surface area contributed by atoms with E-state index in [4.69, 9.17) is 11.6 Å². The second kappa shape index (κ2) is 7.22. The summed E-state index contributed by atoms with van der Waals surface area (Å²) >= 11 is 5.97. The van der Waals surface area contributed by atoms with Crippen LogP contribution in [-0.2, 0) is 6.42 Å². The second-order valence-corrected chi connectivity index (χ2v) is 6.16. The van der Waals surface area contributed by atoms with Gasteiger partial charge in [0, 0.05) is 11.4 Å². The molecule has 0 radical (unpaired) electrons. The number of halogens is 2. The fourth-order valence-electron chi connectivity index (χ4n) is 1.91. The average Bonchev–Trinajstić information content (AvgIpc) is 2.28. The van der Waals surface area contributed by atoms with Crippen LogP contribution in [-0.4, -0.2) is 23.8 Å². The SMILES string of the molecule is CC(C)CNCCC(C)(O)Cc1ccc(F)cc1Cl. The molecule has 108 valence electrons. The number of nitrogens with one attached hydrogen (secondary N) is 1. The highest BCUT2D eigenvalue weighted by molar-refractivity contribution is 6.31. The summed E-state index contributed by atoms with van der Waals surface area (Å²) in [5.74, 6) is 0.239. The summed E-state index contributed by atoms with van der Waals surface area (Å²) in [7, 11) is 0. The van der Waals surface area contributed by atoms with Crippen LogP contribution < -0.4 is 5.32 Å². The van der Waals surface area contributed by atoms with Crippen LogP contribution in [0.4, 0.5) is 4.39 Å². The highest BCUT2D eigenvalue weighted by Gasteiger charge is 2.21. The lowest BCUT2D eigenvalue weighted by atomic mass is 9.93. The fourth-order valence-corrected chi connectivity index (χ4v) is 2.15. The van der Waals surface area contributed by atoms with Gasteiger partial charge in [0.15, 0.2) is 0 Å². The maximum Gasteiger partial charge on any atom is 0.124 e. The summed E-state index contributed by atoms with van der Waals surface area (Å²) in [6.07, 6.45) is 1.06. The molecule has 0 saturated heterocycles. The molecule has 0 aromatic heterocycles. The van der Waals surface area contributed by atoms with Crippen LogP contribution in [0.15, 0.2) is 18.2 Å². The Hall–Kier alpha value is -0.640. The highest BCUT2D eigenvalue weighted by atomic mass is 35.5. The van der Waals surface area contributed by atoms with E-state index < -0.39 is 5.60 Å². The molecule has 1 aromatic rings. The molecule has 2 N–H and O–H groups in total. The third-order valence-electron chi connectivity index (χ3n) is 2.98. The van der Waals surface area contributed by atoms with Crippen LogP contribution >= 0.6 is 11.6 Å². The first kappa shape index (κ1) is 16.4. The van der Waals surface area contributed by atoms with Gasteiger partial charge in [-0.3, -0.25) is 0 Å². The Morgan fingerprint density at radius 2 is 2.11 bits per heavy atom. The third-order valence-corrected chi connectivity index (χ3v) is 3.33. The summed E-state index contributed by atoms with van der Waals surface area (Å²) in [5, 5.41) is 14.0. The van der Waals surface area contributed by atoms with Crippen molar-refractivity contribution in [1.29, 1.82) is 0 Å². The molecular formula is C15H23ClFNO. The van der Waals surface area contributed by atoms with Gasteiger partial charge in [-0.1, -0.05) is 31.5 Å². The van der Waals surface area contributed by atoms with E-state index in [1.807, 2.05) is 0 Å². The zero-order valence-electron chi connectivity index (χ0n) is 11.8. The van der Waals surface area contributed by atoms with Crippen molar-refractivity contribution in [3.05, 3.63) is 34.6 Å². The van der Waals surface area contributed by atoms with Crippen LogP contribution in [0.25, 0.3) is 0 Å². The van der Waals surface area contributed by atoms with E-state index >= 15 is 0 Å². The molecule has 0 spiro atoms. The molecule has 0 heterocycles. The van der Waals surface area contributed by atoms with Gasteiger partial charge in [-0.2, -0.15) is 0 Å². The number of rotatable bonds is 7. The Morgan fingerprint density at radius 1 is 1.42 bits per heavy atom. The minimum Gasteiger partial charge on any atom is -0.390 e. The van der Waals surface area contributed by atoms with Crippen LogP contribution in [0, 0.1) is 11.7 Å². The van der Waals surface area contributed by atoms with Crippen molar-refractivity contribution in [2.24, 2.45) is 5.92 Å². The van der Waals surface area contributed by atoms with Gasteiger partial charge in [-0.15, -0.1) is 0 Å². The van der Waals surface area contributed by atoms with Crippen molar-refractivity contribution in [2.75, 3.05) is 13.1 Å². The van der Waals surface area contributed by atoms with Crippen molar-refractivity contribution in [3.63, 3.8) is 0 Å². The van der Waals surface area contributed by atoms with Crippen LogP contribution in [0.3, 0.4) is 0 Å². The van der Waals surface area contributed by atoms with Crippen LogP contribution in [0.2, 0.25) is 5.02 Å². The number of benzene rings is 1. The van der Waals surface area contributed by atoms with E-state index in [1.54, 1.807) is 13.0 Å². The standard InChI is InChI=1S/C15H23ClFNO/c1-11(2)10-18-7-6-15(3,19)9-12-4-5-13(17)8-14(12)16/h4-5,8,11,18-19H,6-7,9-10H2,1-3H3. The summed E-state index contributed by atoms with van der Waals surface area (Å²) in [5.41, 5.74) is -0.0669. The Morgan fingerprint density at radius 3 is 2.68 bits per heavy atom. The molecule has 4 heteroatoms. The van der Waals surface area contributed by atoms with E-state index in [0.29, 0.717) is 23.8 Å². The molecule has 0 aliphatic carbocycles. The molecular weight excluding hydrogens is 265 g/mol. The quantitative estimate of drug-likeness (QED) is 0.753. The van der Waals surface area contributed by atoms with Crippen molar-refractivity contribution >= 4 is 11.6 Å². The van der Waals surface area contributed by atoms with E-state index in [0.717, 1.165) is 18.7 Å². The molecule has 0 fully saturated rings. The topological polar surface area (TPSA) is 32.3 Å². The summed E-state index contributed by atoms with van der Waals surface area (Å²) < 4.78 is 12.9. The smallest absolute Gasteiger partial charge is 0.124 e. The molecule has 0 amide bonds. The van der Waals surface area contributed by atoms with Gasteiger partial charge >= 0.3 is 0 Å². The first-order chi connectivity index (χ1) is 8.80. The minimum absolute atomic E-state index is 0.355. The molecule has 0 aliphatic rings. The van der Waals surface area contributed by atoms with E-state index in [1.165, 1.54) is 12.1 Å². The highest BCUT2D eigenvalue weighted by Crippen LogP contribution is 2.23. The molecule has 1 unspecified atom stereocenters. The number of hydrogen-bond acceptors (Lipinski definition) is 2. The largest absolute Gasteiger partial charge is 0.390 e. The Labute approximate surface area is 120 Å². The van der Waals surface area contributed by atoms with E-state index in [2.05, 4.69) is 19.2 Å². The predicted molar refractivity (Wildman–Crippen MR) is 78.1 cm³/mol. The van der Waals surface area contributed by atoms with Gasteiger partial charge < -0.3 is 10.4 Å². The lowest BCUT2D eigenvalue weighted by Crippen LogP contribution is -2.33. The monoisotopic (exact) mass is 287 g/mol. The van der Waals surface area contributed by atoms with E-state index in [9.17, 15) is 9.50 Å². The summed E-state index contributed by atoms with van der Waals surface area (Å²) in [4.78, 5) is 0. The lowest BCUT2D eigenvalue weighted by Gasteiger charge is -2.24. The van der Waals surface area contributed by atoms with Gasteiger partial charge in [0.2, 0.25) is 0 Å². The number of aliphatic hydroxyl groups is 1. The van der Waals surface area contributed by atoms with Gasteiger partial charge in [-0.25, -0.2) is 4.39 Å². The third kappa shape index (κ3) is 6.37. The van der Waals surface area contributed by atoms with E-state index in [-0.39, 0.29) is 5.82 Å². The van der Waals surface area contributed by atoms with Crippen LogP contribution in [0.1, 0.15) is 32.8 Å². The first-order valence-electron chi connectivity index (χ1n) is 6.67. The number of hydrogen-bond donors (Lipinski definition) is 2. The molecule has 1 aromatic carbocycles. The predicted octanol–water partition coefficient (Wildman–Crippen LogP) is 3.41. The summed E-state index contributed by atoms with van der Waals surface area (Å²) in [6.45, 7) is 7.76. The molecule has 0 aliphatic heterocycles. The fraction of sp³-hybridized carbons (Fsp3) is 0.600. The van der Waals surface area contributed by atoms with Crippen molar-refractivity contribution in [3.8, 4) is 0 Å². The van der Waals surface area contributed by atoms with Gasteiger partial charge in [0.05, 0.1) is 5.60 Å². The maximum absolute atomic E-state index is 12.9. The zero-order chi connectivity index (χ0) is 14.5. The van der Waals surface area contributed by atoms with Crippen molar-refractivity contribution < 1.29 is 9.50 Å². The Kier molecular flexibility index (Phi) is 6.24. The van der Waals surface area contributed by atoms with Crippen molar-refractivity contribution in [1.82, 2.24) is 5.32 Å². The second-order valence-electron chi connectivity index (χ2n) is 5.76. The zero-order valence-corrected chi connectivity index (χ0v) is 12.6. The maximum atomic E-state index is 12.9. The minimum atomic E-state index is -0.842. The Bertz CT molecular complexity index is 407. The summed E-state index contributed by atoms with van der Waals surface area (Å²) in [6, 6.07) is 4.28. The molecule has 1 atom stereocenters. The van der Waals surface area contributed by atoms with Crippen LogP contribution in [0.5, 0.6) is 0 Å². The molecule has 0 bridgehead atoms. The molecule has 19 heavy (non-hydrogen) atoms. The molecule has 0 saturated carbocycles. The van der Waals surface area contributed by atoms with Gasteiger partial charge in [-0.05, 0) is 50.0 Å². The van der Waals surface area contributed by atoms with Gasteiger partial charge in [0.25, 0.3) is 0 Å². The Balaban J connectivity index is 2.49. The first-order valence-corrected chi connectivity index (χ1v) is 7.05. The average molecular weight is 288 g/mol. The molecule has 1 rings (SSSR count). The molecule has 2 nitrogen and oxygen atoms in total.